The molecule has 0 aliphatic rings. The number of nitrogens with zero attached hydrogens (tertiary/aromatic N) is 3. The second-order valence-corrected chi connectivity index (χ2v) is 6.74. The van der Waals surface area contributed by atoms with Gasteiger partial charge in [-0.1, -0.05) is 24.3 Å². The summed E-state index contributed by atoms with van der Waals surface area (Å²) in [5.74, 6) is 0. The summed E-state index contributed by atoms with van der Waals surface area (Å²) in [5, 5.41) is 2.55. The number of aryl methyl sites for hydroxylation is 1. The van der Waals surface area contributed by atoms with Crippen molar-refractivity contribution in [2.24, 2.45) is 7.05 Å². The van der Waals surface area contributed by atoms with E-state index in [4.69, 9.17) is 0 Å². The molecule has 3 aromatic rings. The van der Waals surface area contributed by atoms with Crippen LogP contribution in [-0.4, -0.2) is 28.2 Å². The minimum Gasteiger partial charge on any atom is -0.377 e. The Morgan fingerprint density at radius 2 is 1.60 bits per heavy atom. The standard InChI is InChI=1S/C22H26N3/c1-23(2)20-11-8-9-17-12-13-18(22(21(17)20)24(3)4)14-15-19-10-6-7-16-25(19)5/h6-16H,1-5H3/q+1. The molecule has 1 heterocycles. The van der Waals surface area contributed by atoms with Crippen LogP contribution in [0.5, 0.6) is 0 Å². The lowest BCUT2D eigenvalue weighted by molar-refractivity contribution is -0.673. The van der Waals surface area contributed by atoms with Gasteiger partial charge in [0.15, 0.2) is 6.20 Å². The molecule has 3 heteroatoms. The van der Waals surface area contributed by atoms with Gasteiger partial charge in [-0.3, -0.25) is 0 Å². The Balaban J connectivity index is 2.20. The molecule has 3 rings (SSSR count). The Morgan fingerprint density at radius 1 is 0.800 bits per heavy atom. The van der Waals surface area contributed by atoms with E-state index in [1.165, 1.54) is 33.4 Å². The molecule has 0 amide bonds. The van der Waals surface area contributed by atoms with Crippen LogP contribution in [0.3, 0.4) is 0 Å². The number of hydrogen-bond acceptors (Lipinski definition) is 2. The van der Waals surface area contributed by atoms with Crippen LogP contribution >= 0.6 is 0 Å². The molecule has 0 saturated carbocycles. The summed E-state index contributed by atoms with van der Waals surface area (Å²) in [6.07, 6.45) is 6.44. The molecule has 0 radical (unpaired) electrons. The van der Waals surface area contributed by atoms with Crippen molar-refractivity contribution in [3.05, 3.63) is 66.0 Å². The third-order valence-corrected chi connectivity index (χ3v) is 4.49. The van der Waals surface area contributed by atoms with Gasteiger partial charge in [0.25, 0.3) is 0 Å². The van der Waals surface area contributed by atoms with Gasteiger partial charge in [0.2, 0.25) is 5.69 Å². The predicted octanol–water partition coefficient (Wildman–Crippen LogP) is 3.97. The van der Waals surface area contributed by atoms with Crippen molar-refractivity contribution in [2.45, 2.75) is 0 Å². The van der Waals surface area contributed by atoms with E-state index in [0.29, 0.717) is 0 Å². The minimum atomic E-state index is 1.17. The summed E-state index contributed by atoms with van der Waals surface area (Å²) >= 11 is 0. The lowest BCUT2D eigenvalue weighted by Crippen LogP contribution is -2.30. The molecule has 0 spiro atoms. The van der Waals surface area contributed by atoms with Gasteiger partial charge in [-0.15, -0.1) is 0 Å². The largest absolute Gasteiger partial charge is 0.377 e. The Hall–Kier alpha value is -2.81. The van der Waals surface area contributed by atoms with E-state index < -0.39 is 0 Å². The van der Waals surface area contributed by atoms with E-state index in [9.17, 15) is 0 Å². The van der Waals surface area contributed by atoms with Crippen LogP contribution in [0.1, 0.15) is 11.3 Å². The number of anilines is 2. The molecule has 128 valence electrons. The first-order chi connectivity index (χ1) is 12.0. The Morgan fingerprint density at radius 3 is 2.28 bits per heavy atom. The number of rotatable bonds is 4. The van der Waals surface area contributed by atoms with Crippen molar-refractivity contribution < 1.29 is 4.57 Å². The Kier molecular flexibility index (Phi) is 4.75. The zero-order valence-electron chi connectivity index (χ0n) is 15.7. The van der Waals surface area contributed by atoms with E-state index in [1.807, 2.05) is 6.07 Å². The molecule has 0 atom stereocenters. The maximum Gasteiger partial charge on any atom is 0.204 e. The van der Waals surface area contributed by atoms with Crippen LogP contribution < -0.4 is 14.4 Å². The van der Waals surface area contributed by atoms with Crippen LogP contribution in [0.2, 0.25) is 0 Å². The number of aromatic nitrogens is 1. The van der Waals surface area contributed by atoms with Crippen LogP contribution in [0.15, 0.2) is 54.7 Å². The van der Waals surface area contributed by atoms with Crippen molar-refractivity contribution in [2.75, 3.05) is 38.0 Å². The van der Waals surface area contributed by atoms with Gasteiger partial charge in [-0.2, -0.15) is 0 Å². The van der Waals surface area contributed by atoms with Gasteiger partial charge in [0.1, 0.15) is 7.05 Å². The SMILES string of the molecule is CN(C)c1cccc2ccc(/C=C/c3cccc[n+]3C)c(N(C)C)c12. The maximum absolute atomic E-state index is 2.21. The average Bonchev–Trinajstić information content (AvgIpc) is 2.59. The average molecular weight is 332 g/mol. The van der Waals surface area contributed by atoms with Gasteiger partial charge >= 0.3 is 0 Å². The lowest BCUT2D eigenvalue weighted by Gasteiger charge is -2.23. The highest BCUT2D eigenvalue weighted by Gasteiger charge is 2.13. The highest BCUT2D eigenvalue weighted by molar-refractivity contribution is 6.06. The van der Waals surface area contributed by atoms with Crippen LogP contribution in [0, 0.1) is 0 Å². The van der Waals surface area contributed by atoms with Crippen LogP contribution in [0.4, 0.5) is 11.4 Å². The first-order valence-electron chi connectivity index (χ1n) is 8.52. The molecule has 3 nitrogen and oxygen atoms in total. The lowest BCUT2D eigenvalue weighted by atomic mass is 10.0. The number of pyridine rings is 1. The highest BCUT2D eigenvalue weighted by atomic mass is 15.1. The van der Waals surface area contributed by atoms with E-state index in [0.717, 1.165) is 0 Å². The summed E-state index contributed by atoms with van der Waals surface area (Å²) in [6, 6.07) is 17.1. The molecule has 0 saturated heterocycles. The van der Waals surface area contributed by atoms with E-state index >= 15 is 0 Å². The maximum atomic E-state index is 2.21. The van der Waals surface area contributed by atoms with Crippen molar-refractivity contribution in [3.63, 3.8) is 0 Å². The van der Waals surface area contributed by atoms with Crippen molar-refractivity contribution in [1.82, 2.24) is 0 Å². The molecule has 2 aromatic carbocycles. The Labute approximate surface area is 150 Å². The van der Waals surface area contributed by atoms with Crippen LogP contribution in [0.25, 0.3) is 22.9 Å². The second-order valence-electron chi connectivity index (χ2n) is 6.74. The van der Waals surface area contributed by atoms with E-state index in [-0.39, 0.29) is 0 Å². The first kappa shape index (κ1) is 17.0. The first-order valence-corrected chi connectivity index (χ1v) is 8.52. The highest BCUT2D eigenvalue weighted by Crippen LogP contribution is 2.37. The fourth-order valence-corrected chi connectivity index (χ4v) is 3.23. The normalized spacial score (nSPS) is 11.2. The van der Waals surface area contributed by atoms with Gasteiger partial charge in [0, 0.05) is 57.5 Å². The predicted molar refractivity (Wildman–Crippen MR) is 109 cm³/mol. The molecular formula is C22H26N3+. The number of benzene rings is 2. The molecule has 0 bridgehead atoms. The molecule has 25 heavy (non-hydrogen) atoms. The topological polar surface area (TPSA) is 10.4 Å². The van der Waals surface area contributed by atoms with E-state index in [2.05, 4.69) is 110 Å². The fourth-order valence-electron chi connectivity index (χ4n) is 3.23. The molecular weight excluding hydrogens is 306 g/mol. The minimum absolute atomic E-state index is 1.17. The zero-order chi connectivity index (χ0) is 18.0. The molecule has 1 aromatic heterocycles. The summed E-state index contributed by atoms with van der Waals surface area (Å²) in [4.78, 5) is 4.39. The van der Waals surface area contributed by atoms with E-state index in [1.54, 1.807) is 0 Å². The molecule has 0 N–H and O–H groups in total. The van der Waals surface area contributed by atoms with Gasteiger partial charge in [-0.05, 0) is 29.2 Å². The van der Waals surface area contributed by atoms with Gasteiger partial charge in [0.05, 0.1) is 5.69 Å². The van der Waals surface area contributed by atoms with Crippen molar-refractivity contribution in [3.8, 4) is 0 Å². The molecule has 0 fully saturated rings. The van der Waals surface area contributed by atoms with Crippen molar-refractivity contribution >= 4 is 34.3 Å². The number of fused-ring (bicyclic) bond motifs is 1. The van der Waals surface area contributed by atoms with Crippen LogP contribution in [-0.2, 0) is 7.05 Å². The number of hydrogen-bond donors (Lipinski definition) is 0. The third kappa shape index (κ3) is 3.36. The third-order valence-electron chi connectivity index (χ3n) is 4.49. The van der Waals surface area contributed by atoms with Gasteiger partial charge in [-0.25, -0.2) is 4.57 Å². The summed E-state index contributed by atoms with van der Waals surface area (Å²) < 4.78 is 2.12. The summed E-state index contributed by atoms with van der Waals surface area (Å²) in [6.45, 7) is 0. The molecule has 0 aliphatic heterocycles. The van der Waals surface area contributed by atoms with Gasteiger partial charge < -0.3 is 9.80 Å². The zero-order valence-corrected chi connectivity index (χ0v) is 15.7. The summed E-state index contributed by atoms with van der Waals surface area (Å²) in [7, 11) is 10.5. The smallest absolute Gasteiger partial charge is 0.204 e. The fraction of sp³-hybridized carbons (Fsp3) is 0.227. The summed E-state index contributed by atoms with van der Waals surface area (Å²) in [5.41, 5.74) is 4.88. The quantitative estimate of drug-likeness (QED) is 0.669. The second kappa shape index (κ2) is 6.98. The van der Waals surface area contributed by atoms with Crippen molar-refractivity contribution in [1.29, 1.82) is 0 Å². The monoisotopic (exact) mass is 332 g/mol. The molecule has 0 aliphatic carbocycles. The molecule has 0 unspecified atom stereocenters. The Bertz CT molecular complexity index is 924.